The summed E-state index contributed by atoms with van der Waals surface area (Å²) in [4.78, 5) is 5.60. The lowest BCUT2D eigenvalue weighted by atomic mass is 10.2. The molecule has 0 amide bonds. The van der Waals surface area contributed by atoms with Crippen LogP contribution >= 0.6 is 11.3 Å². The zero-order valence-corrected chi connectivity index (χ0v) is 11.5. The Morgan fingerprint density at radius 3 is 2.61 bits per heavy atom. The second-order valence-corrected chi connectivity index (χ2v) is 5.23. The highest BCUT2D eigenvalue weighted by Crippen LogP contribution is 2.26. The van der Waals surface area contributed by atoms with Crippen molar-refractivity contribution in [1.29, 1.82) is 0 Å². The molecule has 0 spiro atoms. The molecule has 0 aliphatic carbocycles. The summed E-state index contributed by atoms with van der Waals surface area (Å²) in [6.07, 6.45) is 7.09. The molecular formula is C15H17NOS. The van der Waals surface area contributed by atoms with Gasteiger partial charge in [0.05, 0.1) is 0 Å². The van der Waals surface area contributed by atoms with Gasteiger partial charge in [-0.05, 0) is 37.6 Å². The molecule has 0 aliphatic rings. The molecule has 18 heavy (non-hydrogen) atoms. The van der Waals surface area contributed by atoms with Crippen molar-refractivity contribution in [2.45, 2.75) is 20.3 Å². The van der Waals surface area contributed by atoms with Crippen LogP contribution in [0.25, 0.3) is 10.6 Å². The van der Waals surface area contributed by atoms with Crippen LogP contribution in [0.15, 0.2) is 42.6 Å². The summed E-state index contributed by atoms with van der Waals surface area (Å²) in [7, 11) is 0. The van der Waals surface area contributed by atoms with E-state index in [0.29, 0.717) is 6.61 Å². The summed E-state index contributed by atoms with van der Waals surface area (Å²) >= 11 is 1.71. The molecule has 1 heterocycles. The van der Waals surface area contributed by atoms with Gasteiger partial charge in [0.15, 0.2) is 0 Å². The van der Waals surface area contributed by atoms with Gasteiger partial charge in [0.25, 0.3) is 0 Å². The van der Waals surface area contributed by atoms with E-state index in [4.69, 9.17) is 4.74 Å². The summed E-state index contributed by atoms with van der Waals surface area (Å²) in [5.74, 6) is 0.896. The highest BCUT2D eigenvalue weighted by molar-refractivity contribution is 7.14. The summed E-state index contributed by atoms with van der Waals surface area (Å²) in [5.41, 5.74) is 1.14. The molecule has 0 aliphatic heterocycles. The van der Waals surface area contributed by atoms with Crippen LogP contribution in [-0.4, -0.2) is 11.6 Å². The molecule has 3 heteroatoms. The highest BCUT2D eigenvalue weighted by Gasteiger charge is 2.02. The monoisotopic (exact) mass is 259 g/mol. The van der Waals surface area contributed by atoms with Crippen molar-refractivity contribution in [2.24, 2.45) is 0 Å². The molecule has 2 nitrogen and oxygen atoms in total. The van der Waals surface area contributed by atoms with Crippen LogP contribution in [0.1, 0.15) is 18.2 Å². The summed E-state index contributed by atoms with van der Waals surface area (Å²) in [6.45, 7) is 4.81. The van der Waals surface area contributed by atoms with Crippen molar-refractivity contribution < 1.29 is 4.74 Å². The predicted octanol–water partition coefficient (Wildman–Crippen LogP) is 4.46. The van der Waals surface area contributed by atoms with Crippen molar-refractivity contribution in [1.82, 2.24) is 4.98 Å². The number of allylic oxidation sites excluding steroid dienone is 1. The van der Waals surface area contributed by atoms with Crippen LogP contribution in [0, 0.1) is 6.92 Å². The van der Waals surface area contributed by atoms with E-state index in [0.717, 1.165) is 22.7 Å². The van der Waals surface area contributed by atoms with Gasteiger partial charge in [-0.3, -0.25) is 0 Å². The van der Waals surface area contributed by atoms with Crippen LogP contribution in [0.4, 0.5) is 0 Å². The third kappa shape index (κ3) is 3.44. The molecule has 2 aromatic rings. The van der Waals surface area contributed by atoms with Crippen molar-refractivity contribution >= 4 is 11.3 Å². The third-order valence-corrected chi connectivity index (χ3v) is 3.43. The molecule has 0 saturated heterocycles. The zero-order valence-electron chi connectivity index (χ0n) is 10.7. The van der Waals surface area contributed by atoms with Crippen LogP contribution in [0.2, 0.25) is 0 Å². The van der Waals surface area contributed by atoms with Gasteiger partial charge in [0, 0.05) is 16.6 Å². The van der Waals surface area contributed by atoms with E-state index in [1.807, 2.05) is 24.4 Å². The number of nitrogens with zero attached hydrogens (tertiary/aromatic N) is 1. The van der Waals surface area contributed by atoms with E-state index < -0.39 is 0 Å². The van der Waals surface area contributed by atoms with Crippen LogP contribution in [-0.2, 0) is 0 Å². The Hall–Kier alpha value is -1.61. The zero-order chi connectivity index (χ0) is 12.8. The molecular weight excluding hydrogens is 242 g/mol. The number of aromatic nitrogens is 1. The van der Waals surface area contributed by atoms with Gasteiger partial charge in [-0.15, -0.1) is 11.3 Å². The first-order valence-electron chi connectivity index (χ1n) is 6.10. The number of benzene rings is 1. The van der Waals surface area contributed by atoms with Gasteiger partial charge in [0.2, 0.25) is 0 Å². The van der Waals surface area contributed by atoms with Gasteiger partial charge in [-0.1, -0.05) is 19.1 Å². The third-order valence-electron chi connectivity index (χ3n) is 2.47. The average Bonchev–Trinajstić information content (AvgIpc) is 2.82. The summed E-state index contributed by atoms with van der Waals surface area (Å²) < 4.78 is 5.60. The lowest BCUT2D eigenvalue weighted by Crippen LogP contribution is -1.92. The van der Waals surface area contributed by atoms with E-state index in [-0.39, 0.29) is 0 Å². The fraction of sp³-hybridized carbons (Fsp3) is 0.267. The molecule has 0 saturated carbocycles. The maximum atomic E-state index is 5.60. The molecule has 0 atom stereocenters. The molecule has 0 N–H and O–H groups in total. The van der Waals surface area contributed by atoms with Crippen molar-refractivity contribution in [3.05, 3.63) is 47.5 Å². The Bertz CT molecular complexity index is 514. The Morgan fingerprint density at radius 1 is 1.22 bits per heavy atom. The molecule has 0 bridgehead atoms. The maximum Gasteiger partial charge on any atom is 0.123 e. The minimum atomic E-state index is 0.629. The standard InChI is InChI=1S/C15H17NOS/c1-3-4-5-10-17-14-8-6-13(7-9-14)15-16-11-12(2)18-15/h4-9,11H,3,10H2,1-2H3. The van der Waals surface area contributed by atoms with E-state index in [1.54, 1.807) is 11.3 Å². The maximum absolute atomic E-state index is 5.60. The Kier molecular flexibility index (Phi) is 4.53. The largest absolute Gasteiger partial charge is 0.490 e. The molecule has 1 aromatic heterocycles. The lowest BCUT2D eigenvalue weighted by Gasteiger charge is -2.03. The molecule has 0 fully saturated rings. The van der Waals surface area contributed by atoms with Crippen molar-refractivity contribution in [2.75, 3.05) is 6.61 Å². The first kappa shape index (κ1) is 12.8. The fourth-order valence-corrected chi connectivity index (χ4v) is 2.33. The SMILES string of the molecule is CCC=CCOc1ccc(-c2ncc(C)s2)cc1. The Morgan fingerprint density at radius 2 is 2.00 bits per heavy atom. The first-order valence-corrected chi connectivity index (χ1v) is 6.92. The molecule has 1 aromatic carbocycles. The van der Waals surface area contributed by atoms with Crippen molar-refractivity contribution in [3.8, 4) is 16.3 Å². The Balaban J connectivity index is 1.99. The number of ether oxygens (including phenoxy) is 1. The minimum Gasteiger partial charge on any atom is -0.490 e. The van der Waals surface area contributed by atoms with Crippen LogP contribution < -0.4 is 4.74 Å². The number of aryl methyl sites for hydroxylation is 1. The van der Waals surface area contributed by atoms with E-state index >= 15 is 0 Å². The van der Waals surface area contributed by atoms with Gasteiger partial charge < -0.3 is 4.74 Å². The topological polar surface area (TPSA) is 22.1 Å². The lowest BCUT2D eigenvalue weighted by molar-refractivity contribution is 0.362. The Labute approximate surface area is 112 Å². The molecule has 94 valence electrons. The second-order valence-electron chi connectivity index (χ2n) is 3.99. The second kappa shape index (κ2) is 6.36. The number of hydrogen-bond acceptors (Lipinski definition) is 3. The average molecular weight is 259 g/mol. The van der Waals surface area contributed by atoms with Gasteiger partial charge in [-0.2, -0.15) is 0 Å². The minimum absolute atomic E-state index is 0.629. The number of hydrogen-bond donors (Lipinski definition) is 0. The van der Waals surface area contributed by atoms with Crippen molar-refractivity contribution in [3.63, 3.8) is 0 Å². The van der Waals surface area contributed by atoms with Crippen LogP contribution in [0.5, 0.6) is 5.75 Å². The number of rotatable bonds is 5. The summed E-state index contributed by atoms with van der Waals surface area (Å²) in [6, 6.07) is 8.09. The van der Waals surface area contributed by atoms with Gasteiger partial charge >= 0.3 is 0 Å². The molecule has 0 radical (unpaired) electrons. The van der Waals surface area contributed by atoms with E-state index in [1.165, 1.54) is 4.88 Å². The van der Waals surface area contributed by atoms with Gasteiger partial charge in [0.1, 0.15) is 17.4 Å². The quantitative estimate of drug-likeness (QED) is 0.739. The van der Waals surface area contributed by atoms with E-state index in [2.05, 4.69) is 37.0 Å². The van der Waals surface area contributed by atoms with Gasteiger partial charge in [-0.25, -0.2) is 4.98 Å². The van der Waals surface area contributed by atoms with Crippen LogP contribution in [0.3, 0.4) is 0 Å². The fourth-order valence-electron chi connectivity index (χ4n) is 1.56. The first-order chi connectivity index (χ1) is 8.79. The predicted molar refractivity (Wildman–Crippen MR) is 77.2 cm³/mol. The molecule has 2 rings (SSSR count). The highest BCUT2D eigenvalue weighted by atomic mass is 32.1. The van der Waals surface area contributed by atoms with E-state index in [9.17, 15) is 0 Å². The molecule has 0 unspecified atom stereocenters. The summed E-state index contributed by atoms with van der Waals surface area (Å²) in [5, 5.41) is 1.06. The normalized spacial score (nSPS) is 11.0. The number of thiazole rings is 1. The smallest absolute Gasteiger partial charge is 0.123 e.